The zero-order chi connectivity index (χ0) is 29.5. The summed E-state index contributed by atoms with van der Waals surface area (Å²) in [6.07, 6.45) is 1.25. The number of benzene rings is 4. The summed E-state index contributed by atoms with van der Waals surface area (Å²) in [5.41, 5.74) is 2.00. The average Bonchev–Trinajstić information content (AvgIpc) is 3.40. The number of rotatable bonds is 5. The zero-order valence-corrected chi connectivity index (χ0v) is 22.9. The van der Waals surface area contributed by atoms with Gasteiger partial charge in [0, 0.05) is 43.5 Å². The van der Waals surface area contributed by atoms with Gasteiger partial charge in [-0.2, -0.15) is 0 Å². The van der Waals surface area contributed by atoms with Crippen molar-refractivity contribution in [3.05, 3.63) is 122 Å². The van der Waals surface area contributed by atoms with E-state index in [0.717, 1.165) is 39.8 Å². The summed E-state index contributed by atoms with van der Waals surface area (Å²) in [4.78, 5) is 54.9. The lowest BCUT2D eigenvalue weighted by Gasteiger charge is -2.37. The first kappa shape index (κ1) is 26.1. The Bertz CT molecular complexity index is 2180. The highest BCUT2D eigenvalue weighted by Crippen LogP contribution is 2.34. The van der Waals surface area contributed by atoms with E-state index in [1.54, 1.807) is 18.2 Å². The number of nitrogens with zero attached hydrogens (tertiary/aromatic N) is 4. The molecule has 0 radical (unpaired) electrons. The molecule has 0 atom stereocenters. The number of fused-ring (bicyclic) bond motifs is 2. The van der Waals surface area contributed by atoms with Crippen molar-refractivity contribution in [1.29, 1.82) is 0 Å². The van der Waals surface area contributed by atoms with Crippen molar-refractivity contribution in [2.45, 2.75) is 0 Å². The molecule has 0 amide bonds. The summed E-state index contributed by atoms with van der Waals surface area (Å²) in [5, 5.41) is 12.9. The van der Waals surface area contributed by atoms with Crippen LogP contribution in [-0.4, -0.2) is 57.0 Å². The Morgan fingerprint density at radius 2 is 1.40 bits per heavy atom. The van der Waals surface area contributed by atoms with E-state index >= 15 is 0 Å². The van der Waals surface area contributed by atoms with Crippen molar-refractivity contribution in [2.24, 2.45) is 4.99 Å². The molecule has 1 saturated heterocycles. The van der Waals surface area contributed by atoms with E-state index in [1.807, 2.05) is 54.6 Å². The van der Waals surface area contributed by atoms with Crippen molar-refractivity contribution in [3.8, 4) is 11.6 Å². The number of aromatic amines is 3. The normalized spacial score (nSPS) is 13.9. The first-order valence-corrected chi connectivity index (χ1v) is 13.9. The van der Waals surface area contributed by atoms with Crippen LogP contribution < -0.4 is 26.7 Å². The van der Waals surface area contributed by atoms with Crippen LogP contribution in [0.5, 0.6) is 5.88 Å². The van der Waals surface area contributed by atoms with Gasteiger partial charge < -0.3 is 24.9 Å². The van der Waals surface area contributed by atoms with Crippen molar-refractivity contribution >= 4 is 45.1 Å². The second-order valence-electron chi connectivity index (χ2n) is 10.4. The molecule has 43 heavy (non-hydrogen) atoms. The monoisotopic (exact) mass is 573 g/mol. The number of aromatic nitrogens is 4. The smallest absolute Gasteiger partial charge is 0.335 e. The zero-order valence-electron chi connectivity index (χ0n) is 22.9. The van der Waals surface area contributed by atoms with Crippen molar-refractivity contribution in [2.75, 3.05) is 36.0 Å². The maximum absolute atomic E-state index is 12.9. The van der Waals surface area contributed by atoms with Gasteiger partial charge in [0.25, 0.3) is 5.56 Å². The maximum atomic E-state index is 12.9. The molecule has 3 heterocycles. The fourth-order valence-electron chi connectivity index (χ4n) is 5.68. The largest absolute Gasteiger partial charge is 0.493 e. The van der Waals surface area contributed by atoms with Gasteiger partial charge >= 0.3 is 11.4 Å². The standard InChI is InChI=1S/C32H27N7O4/c40-29-23(30(41)39(32(43)36-29)27-12-6-8-20-7-4-5-11-22(20)27)19-33-26-17-24-25(35-31(42)34-24)18-28(26)38-15-13-37(14-16-38)21-9-2-1-3-10-21/h1-12,17-19,41H,13-16H2,(H2,34,35,42)(H,36,40,43). The van der Waals surface area contributed by atoms with E-state index in [1.165, 1.54) is 6.21 Å². The highest BCUT2D eigenvalue weighted by molar-refractivity contribution is 5.93. The quantitative estimate of drug-likeness (QED) is 0.232. The van der Waals surface area contributed by atoms with Crippen molar-refractivity contribution in [1.82, 2.24) is 19.5 Å². The number of anilines is 2. The Morgan fingerprint density at radius 3 is 2.19 bits per heavy atom. The number of nitrogens with one attached hydrogen (secondary N) is 3. The molecule has 0 spiro atoms. The van der Waals surface area contributed by atoms with Crippen LogP contribution in [0.15, 0.2) is 104 Å². The molecule has 11 heteroatoms. The van der Waals surface area contributed by atoms with Gasteiger partial charge in [-0.3, -0.25) is 14.8 Å². The fraction of sp³-hybridized carbons (Fsp3) is 0.125. The molecule has 4 N–H and O–H groups in total. The number of H-pyrrole nitrogens is 3. The Kier molecular flexibility index (Phi) is 6.39. The number of hydrogen-bond donors (Lipinski definition) is 4. The number of aromatic hydroxyl groups is 1. The molecule has 1 fully saturated rings. The number of piperazine rings is 1. The van der Waals surface area contributed by atoms with E-state index < -0.39 is 17.1 Å². The van der Waals surface area contributed by atoms with Crippen LogP contribution in [0, 0.1) is 0 Å². The van der Waals surface area contributed by atoms with E-state index in [0.29, 0.717) is 35.5 Å². The average molecular weight is 574 g/mol. The van der Waals surface area contributed by atoms with Gasteiger partial charge in [0.05, 0.1) is 28.1 Å². The van der Waals surface area contributed by atoms with E-state index in [2.05, 4.69) is 41.9 Å². The topological polar surface area (TPSA) is 143 Å². The number of hydrogen-bond acceptors (Lipinski definition) is 7. The third-order valence-corrected chi connectivity index (χ3v) is 7.81. The predicted molar refractivity (Wildman–Crippen MR) is 169 cm³/mol. The van der Waals surface area contributed by atoms with Gasteiger partial charge in [-0.1, -0.05) is 54.6 Å². The van der Waals surface area contributed by atoms with Crippen LogP contribution in [0.3, 0.4) is 0 Å². The Morgan fingerprint density at radius 1 is 0.721 bits per heavy atom. The number of imidazole rings is 1. The molecule has 7 rings (SSSR count). The lowest BCUT2D eigenvalue weighted by molar-refractivity contribution is 0.430. The molecular weight excluding hydrogens is 546 g/mol. The second kappa shape index (κ2) is 10.5. The minimum Gasteiger partial charge on any atom is -0.493 e. The summed E-state index contributed by atoms with van der Waals surface area (Å²) in [6.45, 7) is 2.97. The number of para-hydroxylation sites is 1. The highest BCUT2D eigenvalue weighted by atomic mass is 16.3. The molecule has 0 unspecified atom stereocenters. The van der Waals surface area contributed by atoms with Crippen LogP contribution in [0.25, 0.3) is 27.5 Å². The minimum atomic E-state index is -0.767. The van der Waals surface area contributed by atoms with Crippen molar-refractivity contribution in [3.63, 3.8) is 0 Å². The van der Waals surface area contributed by atoms with Crippen LogP contribution in [0.2, 0.25) is 0 Å². The molecule has 6 aromatic rings. The van der Waals surface area contributed by atoms with E-state index in [-0.39, 0.29) is 11.3 Å². The third kappa shape index (κ3) is 4.76. The molecule has 0 bridgehead atoms. The molecule has 2 aromatic heterocycles. The van der Waals surface area contributed by atoms with Gasteiger partial charge in [-0.25, -0.2) is 14.2 Å². The van der Waals surface area contributed by atoms with Crippen molar-refractivity contribution < 1.29 is 5.11 Å². The molecule has 1 aliphatic heterocycles. The fourth-order valence-corrected chi connectivity index (χ4v) is 5.68. The number of aliphatic imine (C=N–C) groups is 1. The lowest BCUT2D eigenvalue weighted by Crippen LogP contribution is -2.46. The first-order chi connectivity index (χ1) is 21.0. The van der Waals surface area contributed by atoms with Crippen LogP contribution >= 0.6 is 0 Å². The van der Waals surface area contributed by atoms with Crippen LogP contribution in [0.1, 0.15) is 5.56 Å². The van der Waals surface area contributed by atoms with Gasteiger partial charge in [0.2, 0.25) is 5.88 Å². The van der Waals surface area contributed by atoms with E-state index in [4.69, 9.17) is 0 Å². The molecule has 4 aromatic carbocycles. The molecule has 0 saturated carbocycles. The van der Waals surface area contributed by atoms with Gasteiger partial charge in [-0.15, -0.1) is 0 Å². The summed E-state index contributed by atoms with van der Waals surface area (Å²) in [5.74, 6) is -0.525. The van der Waals surface area contributed by atoms with Crippen LogP contribution in [0.4, 0.5) is 17.1 Å². The molecule has 11 nitrogen and oxygen atoms in total. The summed E-state index contributed by atoms with van der Waals surface area (Å²) in [7, 11) is 0. The Balaban J connectivity index is 1.29. The summed E-state index contributed by atoms with van der Waals surface area (Å²) in [6, 6.07) is 26.6. The van der Waals surface area contributed by atoms with Gasteiger partial charge in [0.1, 0.15) is 5.56 Å². The Labute approximate surface area is 244 Å². The van der Waals surface area contributed by atoms with E-state index in [9.17, 15) is 19.5 Å². The Hall–Kier alpha value is -5.84. The predicted octanol–water partition coefficient (Wildman–Crippen LogP) is 3.63. The van der Waals surface area contributed by atoms with Gasteiger partial charge in [-0.05, 0) is 35.7 Å². The molecular formula is C32H27N7O4. The maximum Gasteiger partial charge on any atom is 0.335 e. The summed E-state index contributed by atoms with van der Waals surface area (Å²) >= 11 is 0. The SMILES string of the molecule is O=c1[nH]c2cc(N=Cc3c(O)n(-c4cccc5ccccc45)c(=O)[nH]c3=O)c(N3CCN(c4ccccc4)CC3)cc2[nH]1. The molecule has 0 aliphatic carbocycles. The third-order valence-electron chi connectivity index (χ3n) is 7.81. The second-order valence-corrected chi connectivity index (χ2v) is 10.4. The van der Waals surface area contributed by atoms with Gasteiger partial charge in [0.15, 0.2) is 0 Å². The highest BCUT2D eigenvalue weighted by Gasteiger charge is 2.21. The summed E-state index contributed by atoms with van der Waals surface area (Å²) < 4.78 is 1.07. The van der Waals surface area contributed by atoms with Crippen LogP contribution in [-0.2, 0) is 0 Å². The first-order valence-electron chi connectivity index (χ1n) is 13.9. The molecule has 214 valence electrons. The lowest BCUT2D eigenvalue weighted by atomic mass is 10.1. The molecule has 1 aliphatic rings. The minimum absolute atomic E-state index is 0.171.